The molecule has 2 amide bonds. The Hall–Kier alpha value is -1.26. The molecular formula is C12H15Cl2N3O. The molecule has 0 unspecified atom stereocenters. The number of likely N-dealkylation sites (N-methyl/N-ethyl adjacent to an activating group) is 1. The fourth-order valence-corrected chi connectivity index (χ4v) is 1.85. The number of anilines is 1. The third kappa shape index (κ3) is 4.55. The van der Waals surface area contributed by atoms with Crippen molar-refractivity contribution in [2.45, 2.75) is 13.8 Å². The summed E-state index contributed by atoms with van der Waals surface area (Å²) >= 11 is 11.5. The summed E-state index contributed by atoms with van der Waals surface area (Å²) in [4.78, 5) is 17.4. The fourth-order valence-electron chi connectivity index (χ4n) is 1.39. The molecule has 0 aliphatic heterocycles. The predicted octanol–water partition coefficient (Wildman–Crippen LogP) is 3.82. The topological polar surface area (TPSA) is 45.2 Å². The van der Waals surface area contributed by atoms with Crippen LogP contribution in [0.25, 0.3) is 0 Å². The lowest BCUT2D eigenvalue weighted by molar-refractivity contribution is 0.218. The van der Waals surface area contributed by atoms with Crippen LogP contribution in [-0.4, -0.2) is 29.0 Å². The molecule has 98 valence electrons. The molecule has 1 aromatic heterocycles. The van der Waals surface area contributed by atoms with Crippen LogP contribution in [0.3, 0.4) is 0 Å². The molecule has 1 rings (SSSR count). The summed E-state index contributed by atoms with van der Waals surface area (Å²) in [5.74, 6) is 0. The number of halogens is 2. The van der Waals surface area contributed by atoms with E-state index in [1.54, 1.807) is 17.0 Å². The molecule has 4 nitrogen and oxygen atoms in total. The van der Waals surface area contributed by atoms with E-state index in [9.17, 15) is 4.79 Å². The third-order valence-electron chi connectivity index (χ3n) is 2.14. The van der Waals surface area contributed by atoms with Gasteiger partial charge in [-0.1, -0.05) is 35.4 Å². The average Bonchev–Trinajstić information content (AvgIpc) is 2.23. The molecule has 1 aromatic rings. The number of urea groups is 1. The number of nitrogens with zero attached hydrogens (tertiary/aromatic N) is 2. The van der Waals surface area contributed by atoms with Crippen LogP contribution in [-0.2, 0) is 0 Å². The van der Waals surface area contributed by atoms with Crippen molar-refractivity contribution >= 4 is 34.9 Å². The van der Waals surface area contributed by atoms with E-state index in [1.807, 2.05) is 13.8 Å². The number of nitrogens with one attached hydrogen (secondary N) is 1. The minimum atomic E-state index is -0.223. The van der Waals surface area contributed by atoms with Gasteiger partial charge in [-0.2, -0.15) is 0 Å². The molecule has 0 atom stereocenters. The Kier molecular flexibility index (Phi) is 5.44. The highest BCUT2D eigenvalue weighted by molar-refractivity contribution is 6.32. The van der Waals surface area contributed by atoms with E-state index in [0.29, 0.717) is 18.8 Å². The molecule has 0 saturated heterocycles. The number of rotatable bonds is 4. The summed E-state index contributed by atoms with van der Waals surface area (Å²) in [6, 6.07) is 2.86. The van der Waals surface area contributed by atoms with Crippen molar-refractivity contribution in [2.75, 3.05) is 18.4 Å². The largest absolute Gasteiger partial charge is 0.322 e. The molecule has 0 aromatic carbocycles. The molecule has 0 spiro atoms. The highest BCUT2D eigenvalue weighted by Crippen LogP contribution is 2.19. The number of hydrogen-bond acceptors (Lipinski definition) is 2. The number of amides is 2. The SMILES string of the molecule is C=C(C)CN(CC)C(=O)Nc1cc(Cl)nc(Cl)c1. The second kappa shape index (κ2) is 6.61. The molecular weight excluding hydrogens is 273 g/mol. The summed E-state index contributed by atoms with van der Waals surface area (Å²) in [6.45, 7) is 8.65. The van der Waals surface area contributed by atoms with Crippen LogP contribution in [0.2, 0.25) is 10.3 Å². The highest BCUT2D eigenvalue weighted by Gasteiger charge is 2.12. The van der Waals surface area contributed by atoms with E-state index in [2.05, 4.69) is 16.9 Å². The summed E-state index contributed by atoms with van der Waals surface area (Å²) in [5, 5.41) is 3.19. The van der Waals surface area contributed by atoms with E-state index in [4.69, 9.17) is 23.2 Å². The van der Waals surface area contributed by atoms with Crippen LogP contribution in [0.5, 0.6) is 0 Å². The van der Waals surface area contributed by atoms with Crippen LogP contribution in [0.4, 0.5) is 10.5 Å². The van der Waals surface area contributed by atoms with Crippen LogP contribution in [0.15, 0.2) is 24.3 Å². The Morgan fingerprint density at radius 3 is 2.44 bits per heavy atom. The molecule has 0 aliphatic rings. The minimum Gasteiger partial charge on any atom is -0.321 e. The zero-order valence-corrected chi connectivity index (χ0v) is 11.8. The van der Waals surface area contributed by atoms with Crippen LogP contribution < -0.4 is 5.32 Å². The third-order valence-corrected chi connectivity index (χ3v) is 2.53. The van der Waals surface area contributed by atoms with Gasteiger partial charge in [0.25, 0.3) is 0 Å². The van der Waals surface area contributed by atoms with Crippen molar-refractivity contribution in [3.63, 3.8) is 0 Å². The van der Waals surface area contributed by atoms with Crippen molar-refractivity contribution in [3.05, 3.63) is 34.6 Å². The van der Waals surface area contributed by atoms with Crippen LogP contribution in [0.1, 0.15) is 13.8 Å². The Bertz CT molecular complexity index is 442. The van der Waals surface area contributed by atoms with Crippen LogP contribution in [0, 0.1) is 0 Å². The lowest BCUT2D eigenvalue weighted by Crippen LogP contribution is -2.35. The number of pyridine rings is 1. The first-order valence-corrected chi connectivity index (χ1v) is 6.21. The first-order chi connectivity index (χ1) is 8.42. The first kappa shape index (κ1) is 14.8. The van der Waals surface area contributed by atoms with Gasteiger partial charge in [-0.3, -0.25) is 0 Å². The monoisotopic (exact) mass is 287 g/mol. The maximum Gasteiger partial charge on any atom is 0.322 e. The van der Waals surface area contributed by atoms with Gasteiger partial charge in [0, 0.05) is 18.8 Å². The van der Waals surface area contributed by atoms with E-state index in [0.717, 1.165) is 5.57 Å². The average molecular weight is 288 g/mol. The second-order valence-corrected chi connectivity index (χ2v) is 4.68. The molecule has 18 heavy (non-hydrogen) atoms. The number of aromatic nitrogens is 1. The van der Waals surface area contributed by atoms with Gasteiger partial charge in [0.2, 0.25) is 0 Å². The summed E-state index contributed by atoms with van der Waals surface area (Å²) in [5.41, 5.74) is 1.43. The van der Waals surface area contributed by atoms with Crippen molar-refractivity contribution < 1.29 is 4.79 Å². The standard InChI is InChI=1S/C12H15Cl2N3O/c1-4-17(7-8(2)3)12(18)15-9-5-10(13)16-11(14)6-9/h5-6H,2,4,7H2,1,3H3,(H,15,16,18). The molecule has 1 N–H and O–H groups in total. The molecule has 0 bridgehead atoms. The summed E-state index contributed by atoms with van der Waals surface area (Å²) in [6.07, 6.45) is 0. The quantitative estimate of drug-likeness (QED) is 0.676. The molecule has 0 saturated carbocycles. The Morgan fingerprint density at radius 1 is 1.44 bits per heavy atom. The molecule has 0 radical (unpaired) electrons. The predicted molar refractivity (Wildman–Crippen MR) is 75.3 cm³/mol. The fraction of sp³-hybridized carbons (Fsp3) is 0.333. The molecule has 0 aliphatic carbocycles. The van der Waals surface area contributed by atoms with Gasteiger partial charge in [-0.15, -0.1) is 0 Å². The molecule has 0 fully saturated rings. The smallest absolute Gasteiger partial charge is 0.321 e. The van der Waals surface area contributed by atoms with Crippen molar-refractivity contribution in [2.24, 2.45) is 0 Å². The van der Waals surface area contributed by atoms with Crippen LogP contribution >= 0.6 is 23.2 Å². The van der Waals surface area contributed by atoms with Gasteiger partial charge in [0.15, 0.2) is 0 Å². The van der Waals surface area contributed by atoms with Crippen molar-refractivity contribution in [1.82, 2.24) is 9.88 Å². The number of carbonyl (C=O) groups is 1. The maximum absolute atomic E-state index is 12.0. The van der Waals surface area contributed by atoms with E-state index < -0.39 is 0 Å². The minimum absolute atomic E-state index is 0.223. The number of hydrogen-bond donors (Lipinski definition) is 1. The first-order valence-electron chi connectivity index (χ1n) is 5.45. The van der Waals surface area contributed by atoms with Gasteiger partial charge in [-0.05, 0) is 26.0 Å². The van der Waals surface area contributed by atoms with Gasteiger partial charge in [0.05, 0.1) is 0 Å². The highest BCUT2D eigenvalue weighted by atomic mass is 35.5. The Labute approximate surface area is 117 Å². The summed E-state index contributed by atoms with van der Waals surface area (Å²) in [7, 11) is 0. The van der Waals surface area contributed by atoms with Crippen molar-refractivity contribution in [1.29, 1.82) is 0 Å². The van der Waals surface area contributed by atoms with Gasteiger partial charge >= 0.3 is 6.03 Å². The van der Waals surface area contributed by atoms with Gasteiger partial charge in [-0.25, -0.2) is 9.78 Å². The van der Waals surface area contributed by atoms with E-state index in [1.165, 1.54) is 0 Å². The second-order valence-electron chi connectivity index (χ2n) is 3.90. The Morgan fingerprint density at radius 2 is 2.00 bits per heavy atom. The van der Waals surface area contributed by atoms with E-state index >= 15 is 0 Å². The van der Waals surface area contributed by atoms with Gasteiger partial charge < -0.3 is 10.2 Å². The lowest BCUT2D eigenvalue weighted by Gasteiger charge is -2.21. The lowest BCUT2D eigenvalue weighted by atomic mass is 10.3. The normalized spacial score (nSPS) is 10.0. The zero-order chi connectivity index (χ0) is 13.7. The maximum atomic E-state index is 12.0. The molecule has 1 heterocycles. The zero-order valence-electron chi connectivity index (χ0n) is 10.3. The number of carbonyl (C=O) groups excluding carboxylic acids is 1. The molecule has 6 heteroatoms. The van der Waals surface area contributed by atoms with Crippen molar-refractivity contribution in [3.8, 4) is 0 Å². The summed E-state index contributed by atoms with van der Waals surface area (Å²) < 4.78 is 0. The van der Waals surface area contributed by atoms with E-state index in [-0.39, 0.29) is 16.3 Å². The Balaban J connectivity index is 2.76. The van der Waals surface area contributed by atoms with Gasteiger partial charge in [0.1, 0.15) is 10.3 Å².